The molecule has 3 rings (SSSR count). The number of fused-ring (bicyclic) bond motifs is 1. The van der Waals surface area contributed by atoms with Crippen LogP contribution in [0.4, 0.5) is 0 Å². The van der Waals surface area contributed by atoms with Gasteiger partial charge in [0.2, 0.25) is 5.76 Å². The molecule has 3 aromatic rings. The van der Waals surface area contributed by atoms with Gasteiger partial charge in [0.1, 0.15) is 5.58 Å². The predicted octanol–water partition coefficient (Wildman–Crippen LogP) is 3.94. The van der Waals surface area contributed by atoms with Crippen molar-refractivity contribution in [3.05, 3.63) is 59.9 Å². The molecule has 106 valence electrons. The summed E-state index contributed by atoms with van der Waals surface area (Å²) in [7, 11) is 1.53. The average molecular weight is 282 g/mol. The molecular weight excluding hydrogens is 268 g/mol. The summed E-state index contributed by atoms with van der Waals surface area (Å²) in [5, 5.41) is 10.1. The van der Waals surface area contributed by atoms with Crippen LogP contribution in [-0.2, 0) is 11.3 Å². The lowest BCUT2D eigenvalue weighted by Gasteiger charge is -2.02. The number of carboxylic acids is 1. The van der Waals surface area contributed by atoms with Gasteiger partial charge in [-0.05, 0) is 5.56 Å². The molecule has 4 nitrogen and oxygen atoms in total. The Morgan fingerprint density at radius 2 is 1.90 bits per heavy atom. The maximum absolute atomic E-state index is 11.4. The van der Waals surface area contributed by atoms with E-state index in [1.807, 2.05) is 48.5 Å². The number of hydrogen-bond donors (Lipinski definition) is 1. The first-order chi connectivity index (χ1) is 10.2. The van der Waals surface area contributed by atoms with E-state index < -0.39 is 5.97 Å². The average Bonchev–Trinajstić information content (AvgIpc) is 2.88. The molecule has 1 N–H and O–H groups in total. The fourth-order valence-corrected chi connectivity index (χ4v) is 2.48. The fourth-order valence-electron chi connectivity index (χ4n) is 2.48. The highest BCUT2D eigenvalue weighted by Gasteiger charge is 2.21. The third-order valence-corrected chi connectivity index (χ3v) is 3.39. The summed E-state index contributed by atoms with van der Waals surface area (Å²) in [6.07, 6.45) is 0. The maximum atomic E-state index is 11.4. The van der Waals surface area contributed by atoms with E-state index >= 15 is 0 Å². The first kappa shape index (κ1) is 13.4. The molecule has 21 heavy (non-hydrogen) atoms. The molecule has 0 spiro atoms. The highest BCUT2D eigenvalue weighted by Crippen LogP contribution is 2.34. The second-order valence-corrected chi connectivity index (χ2v) is 4.70. The summed E-state index contributed by atoms with van der Waals surface area (Å²) in [5.74, 6) is -1.15. The minimum Gasteiger partial charge on any atom is -0.475 e. The molecule has 0 fully saturated rings. The van der Waals surface area contributed by atoms with E-state index in [4.69, 9.17) is 9.15 Å². The molecule has 0 unspecified atom stereocenters. The van der Waals surface area contributed by atoms with Gasteiger partial charge < -0.3 is 14.3 Å². The van der Waals surface area contributed by atoms with Crippen LogP contribution in [0, 0.1) is 0 Å². The van der Waals surface area contributed by atoms with Crippen molar-refractivity contribution in [3.8, 4) is 11.1 Å². The Hall–Kier alpha value is -2.59. The summed E-state index contributed by atoms with van der Waals surface area (Å²) in [4.78, 5) is 11.4. The Morgan fingerprint density at radius 1 is 1.14 bits per heavy atom. The zero-order valence-electron chi connectivity index (χ0n) is 11.5. The van der Waals surface area contributed by atoms with Crippen LogP contribution < -0.4 is 0 Å². The van der Waals surface area contributed by atoms with Crippen LogP contribution in [-0.4, -0.2) is 18.2 Å². The third kappa shape index (κ3) is 2.30. The number of rotatable bonds is 4. The molecule has 0 saturated carbocycles. The largest absolute Gasteiger partial charge is 0.475 e. The number of ether oxygens (including phenoxy) is 1. The molecule has 0 aliphatic rings. The predicted molar refractivity (Wildman–Crippen MR) is 79.3 cm³/mol. The summed E-state index contributed by atoms with van der Waals surface area (Å²) in [5.41, 5.74) is 3.00. The van der Waals surface area contributed by atoms with Crippen molar-refractivity contribution in [2.45, 2.75) is 6.61 Å². The van der Waals surface area contributed by atoms with Gasteiger partial charge in [0, 0.05) is 23.6 Å². The van der Waals surface area contributed by atoms with Crippen molar-refractivity contribution in [2.24, 2.45) is 0 Å². The van der Waals surface area contributed by atoms with Gasteiger partial charge in [-0.15, -0.1) is 0 Å². The lowest BCUT2D eigenvalue weighted by atomic mass is 10.0. The molecule has 0 saturated heterocycles. The standard InChI is InChI=1S/C17H14O4/c1-20-10-14-13-9-5-8-12(11-6-3-2-4-7-11)15(13)21-16(14)17(18)19/h2-9H,10H2,1H3,(H,18,19). The SMILES string of the molecule is COCc1c(C(=O)O)oc2c(-c3ccccc3)cccc12. The molecule has 0 radical (unpaired) electrons. The molecule has 1 heterocycles. The van der Waals surface area contributed by atoms with Crippen LogP contribution >= 0.6 is 0 Å². The number of aromatic carboxylic acids is 1. The molecule has 0 atom stereocenters. The molecule has 0 aliphatic carbocycles. The molecule has 0 amide bonds. The summed E-state index contributed by atoms with van der Waals surface area (Å²) in [6.45, 7) is 0.201. The number of furan rings is 1. The van der Waals surface area contributed by atoms with Gasteiger partial charge in [-0.2, -0.15) is 0 Å². The molecule has 4 heteroatoms. The zero-order valence-corrected chi connectivity index (χ0v) is 11.5. The minimum atomic E-state index is -1.09. The first-order valence-corrected chi connectivity index (χ1v) is 6.54. The molecule has 0 aliphatic heterocycles. The van der Waals surface area contributed by atoms with Gasteiger partial charge in [-0.3, -0.25) is 0 Å². The Labute approximate surface area is 121 Å². The second kappa shape index (κ2) is 5.42. The molecule has 0 bridgehead atoms. The van der Waals surface area contributed by atoms with Crippen molar-refractivity contribution >= 4 is 16.9 Å². The Balaban J connectivity index is 2.29. The van der Waals surface area contributed by atoms with Crippen LogP contribution in [0.2, 0.25) is 0 Å². The normalized spacial score (nSPS) is 10.9. The maximum Gasteiger partial charge on any atom is 0.372 e. The van der Waals surface area contributed by atoms with Gasteiger partial charge in [-0.1, -0.05) is 48.5 Å². The van der Waals surface area contributed by atoms with Crippen molar-refractivity contribution in [2.75, 3.05) is 7.11 Å². The highest BCUT2D eigenvalue weighted by molar-refractivity contribution is 6.00. The van der Waals surface area contributed by atoms with E-state index in [1.165, 1.54) is 7.11 Å². The number of carboxylic acid groups (broad SMARTS) is 1. The monoisotopic (exact) mass is 282 g/mol. The topological polar surface area (TPSA) is 59.7 Å². The number of benzene rings is 2. The smallest absolute Gasteiger partial charge is 0.372 e. The van der Waals surface area contributed by atoms with Crippen molar-refractivity contribution < 1.29 is 19.1 Å². The first-order valence-electron chi connectivity index (χ1n) is 6.54. The van der Waals surface area contributed by atoms with E-state index in [9.17, 15) is 9.90 Å². The molecule has 1 aromatic heterocycles. The van der Waals surface area contributed by atoms with Crippen LogP contribution in [0.1, 0.15) is 16.1 Å². The fraction of sp³-hybridized carbons (Fsp3) is 0.118. The Kier molecular flexibility index (Phi) is 3.46. The number of methoxy groups -OCH3 is 1. The van der Waals surface area contributed by atoms with Crippen molar-refractivity contribution in [3.63, 3.8) is 0 Å². The van der Waals surface area contributed by atoms with E-state index in [0.29, 0.717) is 11.1 Å². The van der Waals surface area contributed by atoms with Crippen LogP contribution in [0.15, 0.2) is 52.9 Å². The lowest BCUT2D eigenvalue weighted by Crippen LogP contribution is -1.99. The van der Waals surface area contributed by atoms with E-state index in [1.54, 1.807) is 0 Å². The number of hydrogen-bond acceptors (Lipinski definition) is 3. The van der Waals surface area contributed by atoms with Gasteiger partial charge in [0.25, 0.3) is 0 Å². The summed E-state index contributed by atoms with van der Waals surface area (Å²) in [6, 6.07) is 15.4. The van der Waals surface area contributed by atoms with Gasteiger partial charge in [0.05, 0.1) is 6.61 Å². The lowest BCUT2D eigenvalue weighted by molar-refractivity contribution is 0.0658. The Morgan fingerprint density at radius 3 is 2.57 bits per heavy atom. The second-order valence-electron chi connectivity index (χ2n) is 4.70. The summed E-state index contributed by atoms with van der Waals surface area (Å²) >= 11 is 0. The van der Waals surface area contributed by atoms with Crippen LogP contribution in [0.25, 0.3) is 22.1 Å². The van der Waals surface area contributed by atoms with Gasteiger partial charge in [0.15, 0.2) is 0 Å². The highest BCUT2D eigenvalue weighted by atomic mass is 16.5. The van der Waals surface area contributed by atoms with E-state index in [-0.39, 0.29) is 12.4 Å². The zero-order chi connectivity index (χ0) is 14.8. The van der Waals surface area contributed by atoms with Gasteiger partial charge >= 0.3 is 5.97 Å². The third-order valence-electron chi connectivity index (χ3n) is 3.39. The minimum absolute atomic E-state index is 0.0600. The van der Waals surface area contributed by atoms with Gasteiger partial charge in [-0.25, -0.2) is 4.79 Å². The molecule has 2 aromatic carbocycles. The van der Waals surface area contributed by atoms with Crippen molar-refractivity contribution in [1.29, 1.82) is 0 Å². The van der Waals surface area contributed by atoms with Crippen LogP contribution in [0.3, 0.4) is 0 Å². The summed E-state index contributed by atoms with van der Waals surface area (Å²) < 4.78 is 10.7. The van der Waals surface area contributed by atoms with E-state index in [0.717, 1.165) is 16.5 Å². The number of para-hydroxylation sites is 1. The molecular formula is C17H14O4. The Bertz CT molecular complexity index is 787. The number of carbonyl (C=O) groups is 1. The van der Waals surface area contributed by atoms with E-state index in [2.05, 4.69) is 0 Å². The van der Waals surface area contributed by atoms with Crippen molar-refractivity contribution in [1.82, 2.24) is 0 Å². The van der Waals surface area contributed by atoms with Crippen LogP contribution in [0.5, 0.6) is 0 Å². The quantitative estimate of drug-likeness (QED) is 0.787.